The molecule has 0 unspecified atom stereocenters. The normalized spacial score (nSPS) is 6.43. The summed E-state index contributed by atoms with van der Waals surface area (Å²) < 4.78 is 0. The average Bonchev–Trinajstić information content (AvgIpc) is 1.61. The van der Waals surface area contributed by atoms with E-state index in [1.165, 1.54) is 23.3 Å². The first kappa shape index (κ1) is 10.6. The van der Waals surface area contributed by atoms with Gasteiger partial charge in [0.05, 0.1) is 0 Å². The molecule has 0 aliphatic rings. The first-order valence-electron chi connectivity index (χ1n) is 2.08. The molecular formula is C4H6BrNZn. The molecule has 0 heterocycles. The van der Waals surface area contributed by atoms with Gasteiger partial charge in [0.25, 0.3) is 0 Å². The summed E-state index contributed by atoms with van der Waals surface area (Å²) in [6, 6.07) is 2.09. The molecule has 7 heavy (non-hydrogen) atoms. The van der Waals surface area contributed by atoms with E-state index in [1.807, 2.05) is 0 Å². The summed E-state index contributed by atoms with van der Waals surface area (Å²) in [4.78, 5) is 0. The SMILES string of the molecule is N#CCC[CH2][Zn+].[Br-]. The average molecular weight is 213 g/mol. The number of nitriles is 1. The van der Waals surface area contributed by atoms with Gasteiger partial charge in [-0.05, 0) is 0 Å². The van der Waals surface area contributed by atoms with Crippen molar-refractivity contribution in [2.45, 2.75) is 17.9 Å². The zero-order chi connectivity index (χ0) is 4.83. The molecule has 0 saturated carbocycles. The smallest absolute Gasteiger partial charge is 1.00 e. The minimum atomic E-state index is 0. The van der Waals surface area contributed by atoms with E-state index in [9.17, 15) is 0 Å². The minimum absolute atomic E-state index is 0. The van der Waals surface area contributed by atoms with Crippen molar-refractivity contribution < 1.29 is 35.3 Å². The first-order chi connectivity index (χ1) is 2.91. The Morgan fingerprint density at radius 1 is 1.57 bits per heavy atom. The molecule has 0 radical (unpaired) electrons. The van der Waals surface area contributed by atoms with Crippen LogP contribution in [0.15, 0.2) is 0 Å². The molecule has 0 bridgehead atoms. The topological polar surface area (TPSA) is 23.8 Å². The van der Waals surface area contributed by atoms with Gasteiger partial charge >= 0.3 is 47.5 Å². The Hall–Kier alpha value is 0.593. The third-order valence-corrected chi connectivity index (χ3v) is 1.59. The molecule has 0 aliphatic carbocycles. The van der Waals surface area contributed by atoms with Crippen LogP contribution >= 0.6 is 0 Å². The van der Waals surface area contributed by atoms with Crippen LogP contribution in [-0.2, 0) is 18.3 Å². The number of unbranched alkanes of at least 4 members (excludes halogenated alkanes) is 1. The van der Waals surface area contributed by atoms with Crippen molar-refractivity contribution in [2.75, 3.05) is 0 Å². The van der Waals surface area contributed by atoms with E-state index in [2.05, 4.69) is 6.07 Å². The summed E-state index contributed by atoms with van der Waals surface area (Å²) in [6.45, 7) is 0. The largest absolute Gasteiger partial charge is 1.00 e. The first-order valence-corrected chi connectivity index (χ1v) is 4.18. The quantitative estimate of drug-likeness (QED) is 0.395. The maximum atomic E-state index is 7.96. The predicted octanol–water partition coefficient (Wildman–Crippen LogP) is -1.74. The van der Waals surface area contributed by atoms with Crippen LogP contribution in [0.3, 0.4) is 0 Å². The number of halogens is 1. The third kappa shape index (κ3) is 10.8. The van der Waals surface area contributed by atoms with Crippen molar-refractivity contribution in [3.05, 3.63) is 0 Å². The summed E-state index contributed by atoms with van der Waals surface area (Å²) in [6.07, 6.45) is 1.86. The molecule has 0 amide bonds. The van der Waals surface area contributed by atoms with Crippen LogP contribution in [0.2, 0.25) is 5.02 Å². The van der Waals surface area contributed by atoms with Crippen LogP contribution in [0.5, 0.6) is 0 Å². The van der Waals surface area contributed by atoms with Crippen molar-refractivity contribution in [2.24, 2.45) is 0 Å². The van der Waals surface area contributed by atoms with Crippen LogP contribution in [0.25, 0.3) is 0 Å². The van der Waals surface area contributed by atoms with Gasteiger partial charge in [-0.25, -0.2) is 0 Å². The molecular weight excluding hydrogens is 207 g/mol. The van der Waals surface area contributed by atoms with E-state index in [0.29, 0.717) is 0 Å². The minimum Gasteiger partial charge on any atom is -1.00 e. The second kappa shape index (κ2) is 9.78. The molecule has 0 saturated heterocycles. The van der Waals surface area contributed by atoms with E-state index in [4.69, 9.17) is 5.26 Å². The monoisotopic (exact) mass is 211 g/mol. The second-order valence-corrected chi connectivity index (χ2v) is 2.60. The zero-order valence-corrected chi connectivity index (χ0v) is 8.71. The van der Waals surface area contributed by atoms with Crippen LogP contribution in [0.1, 0.15) is 12.8 Å². The van der Waals surface area contributed by atoms with Gasteiger partial charge in [0, 0.05) is 0 Å². The Morgan fingerprint density at radius 2 is 2.14 bits per heavy atom. The van der Waals surface area contributed by atoms with Crippen molar-refractivity contribution in [1.82, 2.24) is 0 Å². The van der Waals surface area contributed by atoms with Crippen molar-refractivity contribution in [3.8, 4) is 6.07 Å². The second-order valence-electron chi connectivity index (χ2n) is 1.12. The fourth-order valence-corrected chi connectivity index (χ4v) is 0.729. The number of rotatable bonds is 2. The Labute approximate surface area is 64.5 Å². The van der Waals surface area contributed by atoms with E-state index in [1.54, 1.807) is 0 Å². The third-order valence-electron chi connectivity index (χ3n) is 0.539. The summed E-state index contributed by atoms with van der Waals surface area (Å²) >= 11 is 1.34. The zero-order valence-electron chi connectivity index (χ0n) is 4.15. The molecule has 0 N–H and O–H groups in total. The Morgan fingerprint density at radius 3 is 2.29 bits per heavy atom. The summed E-state index contributed by atoms with van der Waals surface area (Å²) in [5.41, 5.74) is 0. The van der Waals surface area contributed by atoms with Crippen LogP contribution in [0, 0.1) is 11.3 Å². The Kier molecular flexibility index (Phi) is 14.7. The number of hydrogen-bond donors (Lipinski definition) is 0. The van der Waals surface area contributed by atoms with Gasteiger partial charge < -0.3 is 17.0 Å². The summed E-state index contributed by atoms with van der Waals surface area (Å²) in [5, 5.41) is 9.22. The van der Waals surface area contributed by atoms with E-state index < -0.39 is 0 Å². The Balaban J connectivity index is 0. The van der Waals surface area contributed by atoms with Crippen LogP contribution < -0.4 is 17.0 Å². The molecule has 0 aliphatic heterocycles. The molecule has 3 heteroatoms. The van der Waals surface area contributed by atoms with Crippen molar-refractivity contribution in [3.63, 3.8) is 0 Å². The maximum Gasteiger partial charge on any atom is -1.00 e. The van der Waals surface area contributed by atoms with Gasteiger partial charge in [0.15, 0.2) is 0 Å². The molecule has 0 atom stereocenters. The molecule has 0 fully saturated rings. The molecule has 0 rings (SSSR count). The fourth-order valence-electron chi connectivity index (χ4n) is 0.204. The van der Waals surface area contributed by atoms with Gasteiger partial charge in [-0.1, -0.05) is 0 Å². The molecule has 0 aromatic carbocycles. The van der Waals surface area contributed by atoms with E-state index in [-0.39, 0.29) is 17.0 Å². The van der Waals surface area contributed by atoms with E-state index in [0.717, 1.165) is 12.8 Å². The molecule has 1 nitrogen and oxygen atoms in total. The molecule has 0 aromatic heterocycles. The predicted molar refractivity (Wildman–Crippen MR) is 19.7 cm³/mol. The molecule has 0 aromatic rings. The maximum absolute atomic E-state index is 7.96. The number of hydrogen-bond acceptors (Lipinski definition) is 1. The molecule has 36 valence electrons. The van der Waals surface area contributed by atoms with E-state index >= 15 is 0 Å². The van der Waals surface area contributed by atoms with Gasteiger partial charge in [0.2, 0.25) is 0 Å². The number of nitrogens with zero attached hydrogens (tertiary/aromatic N) is 1. The summed E-state index contributed by atoms with van der Waals surface area (Å²) in [7, 11) is 0. The van der Waals surface area contributed by atoms with Gasteiger partial charge in [-0.15, -0.1) is 0 Å². The standard InChI is InChI=1S/C4H6N.BrH.Zn/c1-2-3-4-5;;/h1-3H2;1H;/q;;+1/p-1. The van der Waals surface area contributed by atoms with Gasteiger partial charge in [0.1, 0.15) is 0 Å². The fraction of sp³-hybridized carbons (Fsp3) is 0.750. The Bertz CT molecular complexity index is 59.2. The molecule has 0 spiro atoms. The van der Waals surface area contributed by atoms with Crippen molar-refractivity contribution >= 4 is 0 Å². The van der Waals surface area contributed by atoms with Crippen LogP contribution in [0.4, 0.5) is 0 Å². The summed E-state index contributed by atoms with van der Waals surface area (Å²) in [5.74, 6) is 0. The van der Waals surface area contributed by atoms with Gasteiger partial charge in [-0.3, -0.25) is 0 Å². The van der Waals surface area contributed by atoms with Crippen LogP contribution in [-0.4, -0.2) is 0 Å². The van der Waals surface area contributed by atoms with Gasteiger partial charge in [-0.2, -0.15) is 0 Å². The van der Waals surface area contributed by atoms with Crippen molar-refractivity contribution in [1.29, 1.82) is 5.26 Å².